The summed E-state index contributed by atoms with van der Waals surface area (Å²) in [5.74, 6) is -0.0786. The third kappa shape index (κ3) is 2.30. The normalized spacial score (nSPS) is 18.7. The van der Waals surface area contributed by atoms with Crippen LogP contribution in [-0.4, -0.2) is 30.0 Å². The van der Waals surface area contributed by atoms with Crippen molar-refractivity contribution in [2.24, 2.45) is 5.41 Å². The number of carbonyl (C=O) groups is 2. The number of fused-ring (bicyclic) bond motifs is 1. The number of rotatable bonds is 1. The van der Waals surface area contributed by atoms with Crippen LogP contribution in [0.5, 0.6) is 0 Å². The minimum absolute atomic E-state index is 0.193. The zero-order valence-corrected chi connectivity index (χ0v) is 12.8. The van der Waals surface area contributed by atoms with Gasteiger partial charge in [-0.1, -0.05) is 20.8 Å². The lowest BCUT2D eigenvalue weighted by atomic mass is 9.95. The minimum Gasteiger partial charge on any atom is -0.354 e. The summed E-state index contributed by atoms with van der Waals surface area (Å²) in [5.41, 5.74) is -0.216. The van der Waals surface area contributed by atoms with E-state index in [0.29, 0.717) is 15.9 Å². The maximum absolute atomic E-state index is 12.5. The van der Waals surface area contributed by atoms with Gasteiger partial charge in [-0.2, -0.15) is 0 Å². The summed E-state index contributed by atoms with van der Waals surface area (Å²) in [6.07, 6.45) is 0.635. The van der Waals surface area contributed by atoms with Crippen molar-refractivity contribution in [2.45, 2.75) is 27.0 Å². The summed E-state index contributed by atoms with van der Waals surface area (Å²) in [6, 6.07) is 1.66. The molecular formula is C13H15BrN2O3. The topological polar surface area (TPSA) is 59.5 Å². The molecule has 0 aliphatic carbocycles. The van der Waals surface area contributed by atoms with Gasteiger partial charge in [-0.25, -0.2) is 4.98 Å². The fourth-order valence-electron chi connectivity index (χ4n) is 1.94. The third-order valence-electron chi connectivity index (χ3n) is 2.87. The summed E-state index contributed by atoms with van der Waals surface area (Å²) in [4.78, 5) is 30.2. The Kier molecular flexibility index (Phi) is 3.49. The van der Waals surface area contributed by atoms with Gasteiger partial charge >= 0.3 is 0 Å². The lowest BCUT2D eigenvalue weighted by Gasteiger charge is -2.28. The Hall–Kier alpha value is -1.27. The number of carbonyl (C=O) groups excluding carboxylic acids is 2. The largest absolute Gasteiger partial charge is 0.354 e. The highest BCUT2D eigenvalue weighted by atomic mass is 79.9. The highest BCUT2D eigenvalue weighted by Crippen LogP contribution is 2.35. The number of ether oxygens (including phenoxy) is 1. The molecule has 0 fully saturated rings. The van der Waals surface area contributed by atoms with Crippen molar-refractivity contribution < 1.29 is 14.3 Å². The Morgan fingerprint density at radius 3 is 2.63 bits per heavy atom. The Balaban J connectivity index is 2.55. The summed E-state index contributed by atoms with van der Waals surface area (Å²) < 4.78 is 5.87. The van der Waals surface area contributed by atoms with Gasteiger partial charge in [0.25, 0.3) is 0 Å². The summed E-state index contributed by atoms with van der Waals surface area (Å²) in [7, 11) is 1.41. The van der Waals surface area contributed by atoms with Crippen molar-refractivity contribution in [3.05, 3.63) is 22.3 Å². The quantitative estimate of drug-likeness (QED) is 0.795. The summed E-state index contributed by atoms with van der Waals surface area (Å²) >= 11 is 3.27. The standard InChI is InChI=1S/C13H15BrN2O3/c1-13(2,3)12(18)16-10-8(5-7(14)6-15-10)9(17)11(16)19-4/h5-6,11H,1-4H3. The number of Topliss-reactive ketones (excluding diaryl/α,β-unsaturated/α-hetero) is 1. The van der Waals surface area contributed by atoms with E-state index in [9.17, 15) is 9.59 Å². The lowest BCUT2D eigenvalue weighted by molar-refractivity contribution is -0.127. The van der Waals surface area contributed by atoms with Gasteiger partial charge < -0.3 is 4.74 Å². The monoisotopic (exact) mass is 326 g/mol. The van der Waals surface area contributed by atoms with E-state index in [0.717, 1.165) is 0 Å². The first-order valence-corrected chi connectivity index (χ1v) is 6.63. The average molecular weight is 327 g/mol. The van der Waals surface area contributed by atoms with E-state index in [4.69, 9.17) is 4.74 Å². The Labute approximate surface area is 120 Å². The van der Waals surface area contributed by atoms with Crippen molar-refractivity contribution in [3.63, 3.8) is 0 Å². The van der Waals surface area contributed by atoms with E-state index in [-0.39, 0.29) is 11.7 Å². The number of hydrogen-bond donors (Lipinski definition) is 0. The number of ketones is 1. The van der Waals surface area contributed by atoms with E-state index < -0.39 is 11.6 Å². The van der Waals surface area contributed by atoms with Crippen LogP contribution in [0, 0.1) is 5.41 Å². The molecule has 102 valence electrons. The van der Waals surface area contributed by atoms with Crippen LogP contribution in [0.15, 0.2) is 16.7 Å². The van der Waals surface area contributed by atoms with Crippen LogP contribution in [0.25, 0.3) is 0 Å². The number of methoxy groups -OCH3 is 1. The van der Waals surface area contributed by atoms with Gasteiger partial charge in [-0.3, -0.25) is 14.5 Å². The molecular weight excluding hydrogens is 312 g/mol. The van der Waals surface area contributed by atoms with Crippen LogP contribution >= 0.6 is 15.9 Å². The fourth-order valence-corrected chi connectivity index (χ4v) is 2.27. The van der Waals surface area contributed by atoms with E-state index in [1.165, 1.54) is 12.0 Å². The van der Waals surface area contributed by atoms with E-state index in [2.05, 4.69) is 20.9 Å². The molecule has 1 aromatic rings. The van der Waals surface area contributed by atoms with Gasteiger partial charge in [0, 0.05) is 23.2 Å². The molecule has 2 heterocycles. The first-order chi connectivity index (χ1) is 8.77. The molecule has 6 heteroatoms. The molecule has 0 bridgehead atoms. The average Bonchev–Trinajstić information content (AvgIpc) is 2.59. The van der Waals surface area contributed by atoms with Crippen molar-refractivity contribution >= 4 is 33.4 Å². The van der Waals surface area contributed by atoms with Crippen LogP contribution in [0.2, 0.25) is 0 Å². The molecule has 0 aromatic carbocycles. The molecule has 0 N–H and O–H groups in total. The zero-order chi connectivity index (χ0) is 14.4. The number of hydrogen-bond acceptors (Lipinski definition) is 4. The number of nitrogens with zero attached hydrogens (tertiary/aromatic N) is 2. The highest BCUT2D eigenvalue weighted by molar-refractivity contribution is 9.10. The maximum Gasteiger partial charge on any atom is 0.236 e. The number of amides is 1. The number of pyridine rings is 1. The Morgan fingerprint density at radius 1 is 1.47 bits per heavy atom. The molecule has 5 nitrogen and oxygen atoms in total. The third-order valence-corrected chi connectivity index (χ3v) is 3.30. The van der Waals surface area contributed by atoms with Crippen molar-refractivity contribution in [1.29, 1.82) is 0 Å². The predicted octanol–water partition coefficient (Wildman–Crippen LogP) is 2.39. The van der Waals surface area contributed by atoms with Crippen LogP contribution in [0.4, 0.5) is 5.82 Å². The second-order valence-electron chi connectivity index (χ2n) is 5.40. The molecule has 1 unspecified atom stereocenters. The summed E-state index contributed by atoms with van der Waals surface area (Å²) in [5, 5.41) is 0. The molecule has 1 aliphatic heterocycles. The molecule has 1 aliphatic rings. The van der Waals surface area contributed by atoms with E-state index in [1.54, 1.807) is 33.0 Å². The molecule has 0 saturated carbocycles. The molecule has 2 rings (SSSR count). The van der Waals surface area contributed by atoms with Crippen molar-refractivity contribution in [3.8, 4) is 0 Å². The van der Waals surface area contributed by atoms with E-state index >= 15 is 0 Å². The smallest absolute Gasteiger partial charge is 0.236 e. The zero-order valence-electron chi connectivity index (χ0n) is 11.2. The molecule has 1 amide bonds. The Morgan fingerprint density at radius 2 is 2.11 bits per heavy atom. The van der Waals surface area contributed by atoms with Gasteiger partial charge in [0.1, 0.15) is 5.82 Å². The molecule has 0 radical (unpaired) electrons. The summed E-state index contributed by atoms with van der Waals surface area (Å²) in [6.45, 7) is 5.39. The molecule has 0 saturated heterocycles. The minimum atomic E-state index is -0.927. The van der Waals surface area contributed by atoms with E-state index in [1.807, 2.05) is 0 Å². The molecule has 1 aromatic heterocycles. The van der Waals surface area contributed by atoms with Crippen LogP contribution in [-0.2, 0) is 9.53 Å². The highest BCUT2D eigenvalue weighted by Gasteiger charge is 2.45. The van der Waals surface area contributed by atoms with Crippen LogP contribution in [0.1, 0.15) is 31.1 Å². The van der Waals surface area contributed by atoms with Crippen molar-refractivity contribution in [2.75, 3.05) is 12.0 Å². The van der Waals surface area contributed by atoms with Gasteiger partial charge in [0.05, 0.1) is 5.56 Å². The van der Waals surface area contributed by atoms with Gasteiger partial charge in [0.2, 0.25) is 17.9 Å². The first-order valence-electron chi connectivity index (χ1n) is 5.83. The van der Waals surface area contributed by atoms with Crippen molar-refractivity contribution in [1.82, 2.24) is 4.98 Å². The van der Waals surface area contributed by atoms with Gasteiger partial charge in [-0.05, 0) is 22.0 Å². The number of anilines is 1. The molecule has 0 spiro atoms. The number of halogens is 1. The fraction of sp³-hybridized carbons (Fsp3) is 0.462. The second kappa shape index (κ2) is 4.68. The lowest BCUT2D eigenvalue weighted by Crippen LogP contribution is -2.46. The predicted molar refractivity (Wildman–Crippen MR) is 74.0 cm³/mol. The van der Waals surface area contributed by atoms with Crippen LogP contribution in [0.3, 0.4) is 0 Å². The van der Waals surface area contributed by atoms with Crippen LogP contribution < -0.4 is 4.90 Å². The maximum atomic E-state index is 12.5. The van der Waals surface area contributed by atoms with Gasteiger partial charge in [0.15, 0.2) is 0 Å². The second-order valence-corrected chi connectivity index (χ2v) is 6.32. The molecule has 1 atom stereocenters. The Bertz CT molecular complexity index is 551. The SMILES string of the molecule is COC1C(=O)c2cc(Br)cnc2N1C(=O)C(C)(C)C. The van der Waals surface area contributed by atoms with Gasteiger partial charge in [-0.15, -0.1) is 0 Å². The first kappa shape index (κ1) is 14.1. The molecule has 19 heavy (non-hydrogen) atoms. The number of aromatic nitrogens is 1.